The lowest BCUT2D eigenvalue weighted by Gasteiger charge is -2.40. The lowest BCUT2D eigenvalue weighted by Crippen LogP contribution is -2.51. The number of aryl methyl sites for hydroxylation is 1. The summed E-state index contributed by atoms with van der Waals surface area (Å²) in [6, 6.07) is 15.5. The number of benzene rings is 2. The molecule has 2 aliphatic rings. The maximum absolute atomic E-state index is 12.9. The number of rotatable bonds is 6. The predicted molar refractivity (Wildman–Crippen MR) is 159 cm³/mol. The molecule has 39 heavy (non-hydrogen) atoms. The van der Waals surface area contributed by atoms with Crippen LogP contribution in [0.2, 0.25) is 5.02 Å². The summed E-state index contributed by atoms with van der Waals surface area (Å²) >= 11 is 6.55. The van der Waals surface area contributed by atoms with E-state index in [0.717, 1.165) is 39.5 Å². The molecule has 1 aliphatic carbocycles. The van der Waals surface area contributed by atoms with Crippen LogP contribution in [0.3, 0.4) is 0 Å². The quantitative estimate of drug-likeness (QED) is 0.370. The van der Waals surface area contributed by atoms with Crippen molar-refractivity contribution in [1.82, 2.24) is 19.4 Å². The Kier molecular flexibility index (Phi) is 8.10. The standard InChI is InChI=1S/C31H33ClN6O/c1-4-12-34-29-22(2)19-24(21-38-14-13-33-23(38)3)28-20-25(32)10-11-27(28)30(29)36-15-17-37(18-16-36)31(39)35-26-8-6-5-7-9-26/h4-14,19-20,30H,1,15-18,21H2,2-3H3,(H,35,39). The van der Waals surface area contributed by atoms with Gasteiger partial charge in [-0.3, -0.25) is 9.89 Å². The highest BCUT2D eigenvalue weighted by atomic mass is 35.5. The maximum Gasteiger partial charge on any atom is 0.321 e. The number of halogens is 1. The van der Waals surface area contributed by atoms with Gasteiger partial charge in [0.15, 0.2) is 0 Å². The second-order valence-electron chi connectivity index (χ2n) is 9.81. The van der Waals surface area contributed by atoms with Crippen molar-refractivity contribution in [3.8, 4) is 0 Å². The Morgan fingerprint density at radius 3 is 2.62 bits per heavy atom. The molecule has 1 atom stereocenters. The van der Waals surface area contributed by atoms with Gasteiger partial charge in [0.2, 0.25) is 0 Å². The van der Waals surface area contributed by atoms with E-state index in [9.17, 15) is 4.79 Å². The van der Waals surface area contributed by atoms with Crippen LogP contribution in [-0.4, -0.2) is 57.8 Å². The Morgan fingerprint density at radius 2 is 1.92 bits per heavy atom. The van der Waals surface area contributed by atoms with Crippen LogP contribution < -0.4 is 5.32 Å². The van der Waals surface area contributed by atoms with Crippen LogP contribution in [0.1, 0.15) is 29.9 Å². The number of aliphatic imine (C=N–C) groups is 1. The lowest BCUT2D eigenvalue weighted by atomic mass is 9.93. The van der Waals surface area contributed by atoms with Gasteiger partial charge in [0.1, 0.15) is 5.82 Å². The van der Waals surface area contributed by atoms with Crippen LogP contribution in [0.4, 0.5) is 10.5 Å². The van der Waals surface area contributed by atoms with Crippen molar-refractivity contribution in [3.63, 3.8) is 0 Å². The molecule has 2 aromatic carbocycles. The monoisotopic (exact) mass is 540 g/mol. The fraction of sp³-hybridized carbons (Fsp3) is 0.258. The highest BCUT2D eigenvalue weighted by molar-refractivity contribution is 6.30. The molecule has 1 aliphatic heterocycles. The zero-order valence-electron chi connectivity index (χ0n) is 22.3. The van der Waals surface area contributed by atoms with Gasteiger partial charge in [0.25, 0.3) is 0 Å². The van der Waals surface area contributed by atoms with Crippen LogP contribution in [0.25, 0.3) is 5.57 Å². The minimum atomic E-state index is -0.0922. The van der Waals surface area contributed by atoms with Gasteiger partial charge in [-0.2, -0.15) is 0 Å². The van der Waals surface area contributed by atoms with Crippen molar-refractivity contribution in [2.45, 2.75) is 26.4 Å². The molecule has 2 amide bonds. The van der Waals surface area contributed by atoms with Crippen molar-refractivity contribution in [1.29, 1.82) is 0 Å². The number of para-hydroxylation sites is 1. The highest BCUT2D eigenvalue weighted by Crippen LogP contribution is 2.41. The third-order valence-electron chi connectivity index (χ3n) is 7.28. The summed E-state index contributed by atoms with van der Waals surface area (Å²) in [5.74, 6) is 0.955. The molecule has 7 nitrogen and oxygen atoms in total. The summed E-state index contributed by atoms with van der Waals surface area (Å²) < 4.78 is 2.14. The van der Waals surface area contributed by atoms with Gasteiger partial charge < -0.3 is 14.8 Å². The summed E-state index contributed by atoms with van der Waals surface area (Å²) in [7, 11) is 0. The first-order valence-corrected chi connectivity index (χ1v) is 13.5. The molecule has 1 N–H and O–H groups in total. The van der Waals surface area contributed by atoms with E-state index in [1.807, 2.05) is 60.6 Å². The van der Waals surface area contributed by atoms with E-state index in [-0.39, 0.29) is 12.1 Å². The van der Waals surface area contributed by atoms with E-state index in [0.29, 0.717) is 37.7 Å². The number of hydrogen-bond acceptors (Lipinski definition) is 4. The number of amides is 2. The summed E-state index contributed by atoms with van der Waals surface area (Å²) in [6.07, 6.45) is 9.50. The molecule has 2 heterocycles. The number of carbonyl (C=O) groups excluding carboxylic acids is 1. The second-order valence-corrected chi connectivity index (χ2v) is 10.2. The Morgan fingerprint density at radius 1 is 1.15 bits per heavy atom. The molecular weight excluding hydrogens is 508 g/mol. The number of piperazine rings is 1. The van der Waals surface area contributed by atoms with Gasteiger partial charge in [-0.25, -0.2) is 9.78 Å². The number of carbonyl (C=O) groups is 1. The molecular formula is C31H33ClN6O. The molecule has 8 heteroatoms. The van der Waals surface area contributed by atoms with Crippen LogP contribution in [0.5, 0.6) is 0 Å². The van der Waals surface area contributed by atoms with E-state index in [1.54, 1.807) is 12.3 Å². The average molecular weight is 541 g/mol. The number of aromatic nitrogens is 2. The van der Waals surface area contributed by atoms with Gasteiger partial charge in [0.05, 0.1) is 11.7 Å². The van der Waals surface area contributed by atoms with Crippen molar-refractivity contribution < 1.29 is 4.79 Å². The highest BCUT2D eigenvalue weighted by Gasteiger charge is 2.33. The van der Waals surface area contributed by atoms with Crippen molar-refractivity contribution in [3.05, 3.63) is 113 Å². The van der Waals surface area contributed by atoms with E-state index < -0.39 is 0 Å². The molecule has 1 unspecified atom stereocenters. The first-order valence-electron chi connectivity index (χ1n) is 13.1. The summed E-state index contributed by atoms with van der Waals surface area (Å²) in [4.78, 5) is 26.5. The number of hydrogen-bond donors (Lipinski definition) is 1. The van der Waals surface area contributed by atoms with Gasteiger partial charge in [-0.1, -0.05) is 54.6 Å². The minimum absolute atomic E-state index is 0.0785. The third-order valence-corrected chi connectivity index (χ3v) is 7.52. The Bertz CT molecular complexity index is 1450. The van der Waals surface area contributed by atoms with E-state index in [1.165, 1.54) is 0 Å². The largest absolute Gasteiger partial charge is 0.331 e. The third kappa shape index (κ3) is 5.90. The SMILES string of the molecule is C=CC=NC1=C(C)C=C(Cn2ccnc2C)c2cc(Cl)ccc2C1N1CCN(C(=O)Nc2ccccc2)CC1. The molecule has 0 saturated carbocycles. The van der Waals surface area contributed by atoms with E-state index in [2.05, 4.69) is 51.5 Å². The number of fused-ring (bicyclic) bond motifs is 1. The lowest BCUT2D eigenvalue weighted by molar-refractivity contribution is 0.124. The van der Waals surface area contributed by atoms with Gasteiger partial charge in [-0.15, -0.1) is 0 Å². The fourth-order valence-electron chi connectivity index (χ4n) is 5.29. The van der Waals surface area contributed by atoms with Crippen molar-refractivity contribution in [2.24, 2.45) is 4.99 Å². The fourth-order valence-corrected chi connectivity index (χ4v) is 5.46. The van der Waals surface area contributed by atoms with Crippen molar-refractivity contribution in [2.75, 3.05) is 31.5 Å². The van der Waals surface area contributed by atoms with Gasteiger partial charge in [-0.05, 0) is 60.4 Å². The predicted octanol–water partition coefficient (Wildman–Crippen LogP) is 6.36. The van der Waals surface area contributed by atoms with Crippen LogP contribution in [0, 0.1) is 6.92 Å². The summed E-state index contributed by atoms with van der Waals surface area (Å²) in [5.41, 5.74) is 6.26. The number of urea groups is 1. The molecule has 1 saturated heterocycles. The molecule has 1 aromatic heterocycles. The number of anilines is 1. The minimum Gasteiger partial charge on any atom is -0.331 e. The molecule has 200 valence electrons. The second kappa shape index (κ2) is 11.8. The zero-order chi connectivity index (χ0) is 27.4. The van der Waals surface area contributed by atoms with Crippen LogP contribution in [0.15, 0.2) is 95.9 Å². The molecule has 0 radical (unpaired) electrons. The molecule has 0 spiro atoms. The molecule has 3 aromatic rings. The number of allylic oxidation sites excluding steroid dienone is 4. The number of nitrogens with zero attached hydrogens (tertiary/aromatic N) is 5. The van der Waals surface area contributed by atoms with Gasteiger partial charge in [0, 0.05) is 62.0 Å². The average Bonchev–Trinajstić information content (AvgIpc) is 3.30. The van der Waals surface area contributed by atoms with Crippen LogP contribution >= 0.6 is 11.6 Å². The number of imidazole rings is 1. The Balaban J connectivity index is 1.46. The molecule has 0 bridgehead atoms. The Labute approximate surface area is 234 Å². The van der Waals surface area contributed by atoms with Crippen LogP contribution in [-0.2, 0) is 6.54 Å². The molecule has 1 fully saturated rings. The summed E-state index contributed by atoms with van der Waals surface area (Å²) in [5, 5.41) is 3.70. The van der Waals surface area contributed by atoms with Crippen molar-refractivity contribution >= 4 is 35.1 Å². The number of nitrogens with one attached hydrogen (secondary N) is 1. The zero-order valence-corrected chi connectivity index (χ0v) is 23.1. The smallest absolute Gasteiger partial charge is 0.321 e. The Hall–Kier alpha value is -3.94. The first-order chi connectivity index (χ1) is 18.9. The topological polar surface area (TPSA) is 65.8 Å². The molecule has 5 rings (SSSR count). The normalized spacial score (nSPS) is 18.1. The van der Waals surface area contributed by atoms with E-state index >= 15 is 0 Å². The summed E-state index contributed by atoms with van der Waals surface area (Å²) in [6.45, 7) is 11.3. The first kappa shape index (κ1) is 26.7. The van der Waals surface area contributed by atoms with E-state index in [4.69, 9.17) is 16.6 Å². The van der Waals surface area contributed by atoms with Gasteiger partial charge >= 0.3 is 6.03 Å². The maximum atomic E-state index is 12.9.